The van der Waals surface area contributed by atoms with Crippen molar-refractivity contribution in [3.05, 3.63) is 60.2 Å². The molecule has 0 amide bonds. The predicted octanol–water partition coefficient (Wildman–Crippen LogP) is 4.77. The first-order valence-electron chi connectivity index (χ1n) is 13.7. The van der Waals surface area contributed by atoms with Crippen molar-refractivity contribution >= 4 is 31.8 Å². The van der Waals surface area contributed by atoms with E-state index in [4.69, 9.17) is 10.00 Å². The molecule has 1 aromatic carbocycles. The molecule has 4 heterocycles. The van der Waals surface area contributed by atoms with E-state index in [0.29, 0.717) is 31.0 Å². The molecule has 2 fully saturated rings. The molecule has 0 radical (unpaired) electrons. The molecule has 1 saturated heterocycles. The molecule has 6 rings (SSSR count). The highest BCUT2D eigenvalue weighted by molar-refractivity contribution is 7.89. The average Bonchev–Trinajstić information content (AvgIpc) is 3.46. The van der Waals surface area contributed by atoms with E-state index >= 15 is 0 Å². The molecular formula is C29H32N6O3S. The van der Waals surface area contributed by atoms with Gasteiger partial charge in [0, 0.05) is 53.5 Å². The number of rotatable bonds is 7. The summed E-state index contributed by atoms with van der Waals surface area (Å²) >= 11 is 0. The minimum atomic E-state index is -3.34. The topological polar surface area (TPSA) is 125 Å². The molecule has 202 valence electrons. The Morgan fingerprint density at radius 1 is 1.05 bits per heavy atom. The number of aromatic nitrogens is 4. The van der Waals surface area contributed by atoms with Gasteiger partial charge in [0.05, 0.1) is 35.9 Å². The SMILES string of the molecule is N#Cc1ccc(OCC2CCCN(S(=O)(=O)CC3CCC(c4nncc5cnc6[nH]ccc6c45)CC3)C2)cc1. The maximum atomic E-state index is 13.4. The minimum absolute atomic E-state index is 0.151. The second kappa shape index (κ2) is 10.9. The second-order valence-corrected chi connectivity index (χ2v) is 12.9. The molecule has 9 nitrogen and oxygen atoms in total. The summed E-state index contributed by atoms with van der Waals surface area (Å²) in [7, 11) is -3.34. The summed E-state index contributed by atoms with van der Waals surface area (Å²) in [5.41, 5.74) is 2.44. The molecule has 4 aromatic rings. The van der Waals surface area contributed by atoms with Crippen molar-refractivity contribution < 1.29 is 13.2 Å². The first-order chi connectivity index (χ1) is 19.0. The smallest absolute Gasteiger partial charge is 0.214 e. The summed E-state index contributed by atoms with van der Waals surface area (Å²) < 4.78 is 34.4. The van der Waals surface area contributed by atoms with Crippen molar-refractivity contribution in [3.8, 4) is 11.8 Å². The number of hydrogen-bond acceptors (Lipinski definition) is 7. The number of aromatic amines is 1. The van der Waals surface area contributed by atoms with Gasteiger partial charge in [0.2, 0.25) is 10.0 Å². The van der Waals surface area contributed by atoms with Crippen molar-refractivity contribution in [2.24, 2.45) is 11.8 Å². The van der Waals surface area contributed by atoms with Gasteiger partial charge in [0.15, 0.2) is 0 Å². The largest absolute Gasteiger partial charge is 0.493 e. The van der Waals surface area contributed by atoms with Crippen molar-refractivity contribution in [1.82, 2.24) is 24.5 Å². The Balaban J connectivity index is 1.06. The third-order valence-corrected chi connectivity index (χ3v) is 10.3. The lowest BCUT2D eigenvalue weighted by molar-refractivity contribution is 0.179. The number of pyridine rings is 1. The summed E-state index contributed by atoms with van der Waals surface area (Å²) in [6.07, 6.45) is 10.8. The van der Waals surface area contributed by atoms with Crippen molar-refractivity contribution in [2.75, 3.05) is 25.4 Å². The number of sulfonamides is 1. The van der Waals surface area contributed by atoms with E-state index in [1.807, 2.05) is 18.5 Å². The van der Waals surface area contributed by atoms with Crippen LogP contribution in [0.2, 0.25) is 0 Å². The highest BCUT2D eigenvalue weighted by Gasteiger charge is 2.34. The molecule has 1 atom stereocenters. The van der Waals surface area contributed by atoms with Crippen LogP contribution in [0.4, 0.5) is 0 Å². The monoisotopic (exact) mass is 544 g/mol. The minimum Gasteiger partial charge on any atom is -0.493 e. The zero-order valence-electron chi connectivity index (χ0n) is 21.8. The normalized spacial score (nSPS) is 22.6. The number of H-pyrrole nitrogens is 1. The van der Waals surface area contributed by atoms with Gasteiger partial charge in [0.25, 0.3) is 0 Å². The van der Waals surface area contributed by atoms with Gasteiger partial charge >= 0.3 is 0 Å². The molecule has 1 aliphatic carbocycles. The van der Waals surface area contributed by atoms with E-state index in [1.165, 1.54) is 0 Å². The van der Waals surface area contributed by atoms with Crippen LogP contribution in [-0.2, 0) is 10.0 Å². The van der Waals surface area contributed by atoms with E-state index in [-0.39, 0.29) is 23.5 Å². The molecular weight excluding hydrogens is 512 g/mol. The lowest BCUT2D eigenvalue weighted by atomic mass is 9.80. The van der Waals surface area contributed by atoms with Crippen LogP contribution in [-0.4, -0.2) is 58.3 Å². The fraction of sp³-hybridized carbons (Fsp3) is 0.448. The molecule has 1 unspecified atom stereocenters. The zero-order chi connectivity index (χ0) is 26.8. The van der Waals surface area contributed by atoms with Gasteiger partial charge in [-0.3, -0.25) is 0 Å². The van der Waals surface area contributed by atoms with Crippen molar-refractivity contribution in [3.63, 3.8) is 0 Å². The lowest BCUT2D eigenvalue weighted by Gasteiger charge is -2.34. The van der Waals surface area contributed by atoms with Gasteiger partial charge in [-0.15, -0.1) is 0 Å². The van der Waals surface area contributed by atoms with E-state index < -0.39 is 10.0 Å². The Bertz CT molecular complexity index is 1600. The summed E-state index contributed by atoms with van der Waals surface area (Å²) in [6, 6.07) is 11.2. The van der Waals surface area contributed by atoms with Gasteiger partial charge in [-0.05, 0) is 74.8 Å². The van der Waals surface area contributed by atoms with Crippen LogP contribution < -0.4 is 4.74 Å². The predicted molar refractivity (Wildman–Crippen MR) is 149 cm³/mol. The maximum Gasteiger partial charge on any atom is 0.214 e. The van der Waals surface area contributed by atoms with Gasteiger partial charge in [-0.1, -0.05) is 0 Å². The Hall–Kier alpha value is -3.55. The van der Waals surface area contributed by atoms with Crippen LogP contribution >= 0.6 is 0 Å². The number of nitrogens with zero attached hydrogens (tertiary/aromatic N) is 5. The standard InChI is InChI=1S/C29H32N6O3S/c30-14-20-5-9-25(10-6-20)38-18-22-2-1-13-35(17-22)39(36,37)19-21-3-7-23(8-4-21)28-27-24(16-33-34-28)15-32-29-26(27)11-12-31-29/h5-6,9-12,15-16,21-23H,1-4,7-8,13,17-19H2,(H,31,32). The van der Waals surface area contributed by atoms with Crippen LogP contribution in [0.1, 0.15) is 55.7 Å². The summed E-state index contributed by atoms with van der Waals surface area (Å²) in [4.78, 5) is 7.66. The number of piperidine rings is 1. The zero-order valence-corrected chi connectivity index (χ0v) is 22.6. The number of nitriles is 1. The molecule has 39 heavy (non-hydrogen) atoms. The maximum absolute atomic E-state index is 13.4. The average molecular weight is 545 g/mol. The Kier molecular flexibility index (Phi) is 7.19. The Morgan fingerprint density at radius 3 is 2.67 bits per heavy atom. The molecule has 0 bridgehead atoms. The van der Waals surface area contributed by atoms with Crippen LogP contribution in [0.25, 0.3) is 21.8 Å². The quantitative estimate of drug-likeness (QED) is 0.355. The summed E-state index contributed by atoms with van der Waals surface area (Å²) in [5.74, 6) is 1.48. The van der Waals surface area contributed by atoms with E-state index in [2.05, 4.69) is 26.2 Å². The van der Waals surface area contributed by atoms with Gasteiger partial charge in [-0.2, -0.15) is 15.5 Å². The summed E-state index contributed by atoms with van der Waals surface area (Å²) in [5, 5.41) is 20.9. The van der Waals surface area contributed by atoms with Crippen molar-refractivity contribution in [1.29, 1.82) is 5.26 Å². The Labute approximate surface area is 228 Å². The highest BCUT2D eigenvalue weighted by atomic mass is 32.2. The van der Waals surface area contributed by atoms with Crippen LogP contribution in [0.3, 0.4) is 0 Å². The lowest BCUT2D eigenvalue weighted by Crippen LogP contribution is -2.43. The molecule has 1 saturated carbocycles. The van der Waals surface area contributed by atoms with Crippen LogP contribution in [0.15, 0.2) is 48.9 Å². The number of hydrogen-bond donors (Lipinski definition) is 1. The molecule has 3 aromatic heterocycles. The van der Waals surface area contributed by atoms with E-state index in [0.717, 1.165) is 66.0 Å². The van der Waals surface area contributed by atoms with Crippen molar-refractivity contribution in [2.45, 2.75) is 44.4 Å². The van der Waals surface area contributed by atoms with Gasteiger partial charge < -0.3 is 9.72 Å². The molecule has 10 heteroatoms. The number of benzene rings is 1. The fourth-order valence-corrected chi connectivity index (χ4v) is 8.14. The first-order valence-corrected chi connectivity index (χ1v) is 15.3. The second-order valence-electron chi connectivity index (χ2n) is 10.9. The summed E-state index contributed by atoms with van der Waals surface area (Å²) in [6.45, 7) is 1.55. The molecule has 1 aliphatic heterocycles. The number of ether oxygens (including phenoxy) is 1. The van der Waals surface area contributed by atoms with Gasteiger partial charge in [0.1, 0.15) is 11.4 Å². The van der Waals surface area contributed by atoms with E-state index in [9.17, 15) is 8.42 Å². The van der Waals surface area contributed by atoms with E-state index in [1.54, 1.807) is 34.8 Å². The van der Waals surface area contributed by atoms with Crippen LogP contribution in [0, 0.1) is 23.2 Å². The first kappa shape index (κ1) is 25.7. The highest BCUT2D eigenvalue weighted by Crippen LogP contribution is 2.39. The molecule has 1 N–H and O–H groups in total. The van der Waals surface area contributed by atoms with Gasteiger partial charge in [-0.25, -0.2) is 17.7 Å². The third kappa shape index (κ3) is 5.47. The molecule has 2 aliphatic rings. The number of fused-ring (bicyclic) bond motifs is 3. The number of nitrogens with one attached hydrogen (secondary N) is 1. The Morgan fingerprint density at radius 2 is 1.87 bits per heavy atom. The third-order valence-electron chi connectivity index (χ3n) is 8.26. The van der Waals surface area contributed by atoms with Crippen LogP contribution in [0.5, 0.6) is 5.75 Å². The fourth-order valence-electron chi connectivity index (χ4n) is 6.16. The molecule has 0 spiro atoms.